The Morgan fingerprint density at radius 3 is 2.94 bits per heavy atom. The maximum absolute atomic E-state index is 11.3. The fraction of sp³-hybridized carbons (Fsp3) is 0.909. The van der Waals surface area contributed by atoms with Crippen molar-refractivity contribution in [1.29, 1.82) is 0 Å². The molecule has 2 fully saturated rings. The van der Waals surface area contributed by atoms with E-state index in [1.807, 2.05) is 29.9 Å². The fourth-order valence-corrected chi connectivity index (χ4v) is 3.21. The average Bonchev–Trinajstić information content (AvgIpc) is 2.59. The van der Waals surface area contributed by atoms with Crippen molar-refractivity contribution in [3.63, 3.8) is 0 Å². The molecule has 1 saturated carbocycles. The quantitative estimate of drug-likeness (QED) is 0.578. The van der Waals surface area contributed by atoms with Crippen LogP contribution in [0, 0.1) is 5.41 Å². The van der Waals surface area contributed by atoms with Gasteiger partial charge in [-0.3, -0.25) is 9.69 Å². The van der Waals surface area contributed by atoms with Gasteiger partial charge in [-0.1, -0.05) is 0 Å². The molecule has 16 heavy (non-hydrogen) atoms. The largest absolute Gasteiger partial charge is 0.465 e. The van der Waals surface area contributed by atoms with Crippen molar-refractivity contribution in [2.24, 2.45) is 5.41 Å². The first-order chi connectivity index (χ1) is 7.67. The van der Waals surface area contributed by atoms with E-state index >= 15 is 0 Å². The van der Waals surface area contributed by atoms with Crippen LogP contribution < -0.4 is 0 Å². The van der Waals surface area contributed by atoms with E-state index in [1.54, 1.807) is 0 Å². The molecule has 5 heteroatoms. The number of hydrogen-bond donors (Lipinski definition) is 0. The van der Waals surface area contributed by atoms with Crippen LogP contribution in [0.5, 0.6) is 0 Å². The summed E-state index contributed by atoms with van der Waals surface area (Å²) in [5, 5.41) is 0. The Morgan fingerprint density at radius 2 is 2.31 bits per heavy atom. The summed E-state index contributed by atoms with van der Waals surface area (Å²) in [5.41, 5.74) is 0.433. The molecular formula is C11H18INO3. The van der Waals surface area contributed by atoms with Gasteiger partial charge in [-0.25, -0.2) is 0 Å². The number of ether oxygens (including phenoxy) is 1. The second kappa shape index (κ2) is 5.18. The molecular weight excluding hydrogens is 321 g/mol. The first kappa shape index (κ1) is 12.6. The van der Waals surface area contributed by atoms with Crippen LogP contribution in [-0.4, -0.2) is 43.2 Å². The second-order valence-corrected chi connectivity index (χ2v) is 5.39. The van der Waals surface area contributed by atoms with Crippen molar-refractivity contribution < 1.29 is 12.6 Å². The summed E-state index contributed by atoms with van der Waals surface area (Å²) in [7, 11) is 0. The van der Waals surface area contributed by atoms with Crippen LogP contribution in [0.2, 0.25) is 0 Å². The van der Waals surface area contributed by atoms with E-state index < -0.39 is 0 Å². The standard InChI is InChI=1S/C11H18INO3/c1-2-15-10(14)7-13-4-3-11(8-13)5-9(6-11)16-12/h9H,2-8H2,1H3. The van der Waals surface area contributed by atoms with Crippen molar-refractivity contribution in [2.75, 3.05) is 26.2 Å². The zero-order valence-electron chi connectivity index (χ0n) is 9.58. The molecule has 0 bridgehead atoms. The van der Waals surface area contributed by atoms with E-state index in [0.29, 0.717) is 24.7 Å². The van der Waals surface area contributed by atoms with Gasteiger partial charge >= 0.3 is 5.97 Å². The predicted molar refractivity (Wildman–Crippen MR) is 68.3 cm³/mol. The van der Waals surface area contributed by atoms with Gasteiger partial charge in [-0.15, -0.1) is 0 Å². The Morgan fingerprint density at radius 1 is 1.56 bits per heavy atom. The monoisotopic (exact) mass is 339 g/mol. The van der Waals surface area contributed by atoms with Crippen LogP contribution >= 0.6 is 23.0 Å². The molecule has 1 aliphatic carbocycles. The maximum Gasteiger partial charge on any atom is 0.320 e. The lowest BCUT2D eigenvalue weighted by Gasteiger charge is -2.43. The Kier molecular flexibility index (Phi) is 4.07. The SMILES string of the molecule is CCOC(=O)CN1CCC2(CC(OI)C2)C1. The fourth-order valence-electron chi connectivity index (χ4n) is 2.85. The molecule has 0 atom stereocenters. The van der Waals surface area contributed by atoms with Gasteiger partial charge < -0.3 is 7.80 Å². The molecule has 1 aliphatic heterocycles. The Hall–Kier alpha value is 0.120. The van der Waals surface area contributed by atoms with Crippen LogP contribution in [0.25, 0.3) is 0 Å². The molecule has 0 aromatic heterocycles. The molecule has 4 nitrogen and oxygen atoms in total. The number of rotatable bonds is 4. The summed E-state index contributed by atoms with van der Waals surface area (Å²) in [4.78, 5) is 13.6. The van der Waals surface area contributed by atoms with Crippen LogP contribution in [0.15, 0.2) is 0 Å². The van der Waals surface area contributed by atoms with E-state index in [2.05, 4.69) is 4.90 Å². The first-order valence-corrected chi connectivity index (χ1v) is 6.71. The Balaban J connectivity index is 1.74. The molecule has 0 radical (unpaired) electrons. The number of likely N-dealkylation sites (tertiary alicyclic amines) is 1. The third-order valence-electron chi connectivity index (χ3n) is 3.62. The van der Waals surface area contributed by atoms with Crippen molar-refractivity contribution in [2.45, 2.75) is 32.3 Å². The lowest BCUT2D eigenvalue weighted by molar-refractivity contribution is -0.144. The van der Waals surface area contributed by atoms with Crippen molar-refractivity contribution in [3.8, 4) is 0 Å². The number of nitrogens with zero attached hydrogens (tertiary/aromatic N) is 1. The first-order valence-electron chi connectivity index (χ1n) is 5.83. The molecule has 0 amide bonds. The van der Waals surface area contributed by atoms with Gasteiger partial charge in [0.05, 0.1) is 19.3 Å². The summed E-state index contributed by atoms with van der Waals surface area (Å²) in [5.74, 6) is -0.0967. The maximum atomic E-state index is 11.3. The molecule has 92 valence electrons. The zero-order chi connectivity index (χ0) is 11.6. The molecule has 2 aliphatic rings. The number of esters is 1. The highest BCUT2D eigenvalue weighted by Gasteiger charge is 2.49. The van der Waals surface area contributed by atoms with E-state index in [0.717, 1.165) is 25.9 Å². The molecule has 0 unspecified atom stereocenters. The third-order valence-corrected chi connectivity index (χ3v) is 4.34. The number of carbonyl (C=O) groups excluding carboxylic acids is 1. The predicted octanol–water partition coefficient (Wildman–Crippen LogP) is 1.77. The molecule has 1 spiro atoms. The van der Waals surface area contributed by atoms with Gasteiger partial charge in [0, 0.05) is 6.54 Å². The average molecular weight is 339 g/mol. The van der Waals surface area contributed by atoms with Gasteiger partial charge in [-0.05, 0) is 38.1 Å². The number of hydrogen-bond acceptors (Lipinski definition) is 4. The van der Waals surface area contributed by atoms with Gasteiger partial charge in [0.1, 0.15) is 23.0 Å². The van der Waals surface area contributed by atoms with Crippen LogP contribution in [0.3, 0.4) is 0 Å². The molecule has 2 rings (SSSR count). The van der Waals surface area contributed by atoms with Gasteiger partial charge in [0.2, 0.25) is 0 Å². The second-order valence-electron chi connectivity index (χ2n) is 4.89. The Bertz CT molecular complexity index is 266. The van der Waals surface area contributed by atoms with E-state index in [1.165, 1.54) is 6.42 Å². The van der Waals surface area contributed by atoms with Crippen LogP contribution in [-0.2, 0) is 12.6 Å². The smallest absolute Gasteiger partial charge is 0.320 e. The minimum Gasteiger partial charge on any atom is -0.465 e. The van der Waals surface area contributed by atoms with Crippen molar-refractivity contribution >= 4 is 29.0 Å². The normalized spacial score (nSPS) is 34.0. The van der Waals surface area contributed by atoms with Crippen molar-refractivity contribution in [1.82, 2.24) is 4.90 Å². The summed E-state index contributed by atoms with van der Waals surface area (Å²) >= 11 is 1.98. The van der Waals surface area contributed by atoms with Crippen LogP contribution in [0.1, 0.15) is 26.2 Å². The van der Waals surface area contributed by atoms with Crippen LogP contribution in [0.4, 0.5) is 0 Å². The molecule has 0 aromatic carbocycles. The highest BCUT2D eigenvalue weighted by atomic mass is 127. The van der Waals surface area contributed by atoms with Gasteiger partial charge in [0.25, 0.3) is 0 Å². The lowest BCUT2D eigenvalue weighted by Crippen LogP contribution is -2.43. The highest BCUT2D eigenvalue weighted by molar-refractivity contribution is 14.1. The lowest BCUT2D eigenvalue weighted by atomic mass is 9.66. The zero-order valence-corrected chi connectivity index (χ0v) is 11.7. The minimum atomic E-state index is -0.0967. The summed E-state index contributed by atoms with van der Waals surface area (Å²) in [6.45, 7) is 4.82. The number of halogens is 1. The molecule has 0 N–H and O–H groups in total. The number of carbonyl (C=O) groups is 1. The summed E-state index contributed by atoms with van der Waals surface area (Å²) < 4.78 is 10.2. The molecule has 1 heterocycles. The van der Waals surface area contributed by atoms with E-state index in [-0.39, 0.29) is 5.97 Å². The minimum absolute atomic E-state index is 0.0967. The van der Waals surface area contributed by atoms with Gasteiger partial charge in [-0.2, -0.15) is 0 Å². The van der Waals surface area contributed by atoms with Gasteiger partial charge in [0.15, 0.2) is 0 Å². The highest BCUT2D eigenvalue weighted by Crippen LogP contribution is 2.49. The third kappa shape index (κ3) is 2.68. The van der Waals surface area contributed by atoms with E-state index in [4.69, 9.17) is 7.80 Å². The van der Waals surface area contributed by atoms with E-state index in [9.17, 15) is 4.79 Å². The topological polar surface area (TPSA) is 38.8 Å². The van der Waals surface area contributed by atoms with Crippen molar-refractivity contribution in [3.05, 3.63) is 0 Å². The Labute approximate surface area is 110 Å². The summed E-state index contributed by atoms with van der Waals surface area (Å²) in [6, 6.07) is 0. The molecule has 0 aromatic rings. The summed E-state index contributed by atoms with van der Waals surface area (Å²) in [6.07, 6.45) is 3.93. The molecule has 1 saturated heterocycles.